The van der Waals surface area contributed by atoms with Gasteiger partial charge in [0.15, 0.2) is 22.5 Å². The van der Waals surface area contributed by atoms with Gasteiger partial charge in [0.05, 0.1) is 23.1 Å². The van der Waals surface area contributed by atoms with Gasteiger partial charge in [-0.1, -0.05) is 24.1 Å². The van der Waals surface area contributed by atoms with Gasteiger partial charge in [0.1, 0.15) is 6.04 Å². The summed E-state index contributed by atoms with van der Waals surface area (Å²) in [4.78, 5) is 33.8. The average molecular weight is 524 g/mol. The molecule has 4 rings (SSSR count). The molecule has 1 unspecified atom stereocenters. The van der Waals surface area contributed by atoms with Crippen LogP contribution in [0.3, 0.4) is 0 Å². The first-order chi connectivity index (χ1) is 16.8. The van der Waals surface area contributed by atoms with E-state index in [1.807, 2.05) is 0 Å². The van der Waals surface area contributed by atoms with Crippen molar-refractivity contribution < 1.29 is 28.2 Å². The molecule has 0 bridgehead atoms. The number of hydrogen-bond donors (Lipinski definition) is 2. The Morgan fingerprint density at radius 1 is 1.26 bits per heavy atom. The molecule has 1 fully saturated rings. The summed E-state index contributed by atoms with van der Waals surface area (Å²) in [6.45, 7) is 1.77. The number of allylic oxidation sites excluding steroid dienone is 1. The van der Waals surface area contributed by atoms with E-state index in [1.165, 1.54) is 17.4 Å². The van der Waals surface area contributed by atoms with Crippen molar-refractivity contribution in [3.8, 4) is 0 Å². The second-order valence-electron chi connectivity index (χ2n) is 8.40. The third-order valence-electron chi connectivity index (χ3n) is 6.29. The van der Waals surface area contributed by atoms with Crippen LogP contribution in [-0.2, 0) is 14.3 Å². The second-order valence-corrected chi connectivity index (χ2v) is 9.67. The van der Waals surface area contributed by atoms with Crippen LogP contribution in [0.2, 0.25) is 5.02 Å². The van der Waals surface area contributed by atoms with Crippen LogP contribution in [0.1, 0.15) is 55.6 Å². The molecule has 0 saturated heterocycles. The van der Waals surface area contributed by atoms with Crippen LogP contribution < -0.4 is 5.32 Å². The molecule has 2 aliphatic rings. The van der Waals surface area contributed by atoms with E-state index in [2.05, 4.69) is 15.3 Å². The van der Waals surface area contributed by atoms with Crippen LogP contribution in [0, 0.1) is 23.5 Å². The maximum absolute atomic E-state index is 14.4. The van der Waals surface area contributed by atoms with Crippen molar-refractivity contribution in [3.63, 3.8) is 0 Å². The van der Waals surface area contributed by atoms with Gasteiger partial charge in [-0.05, 0) is 44.6 Å². The Hall–Kier alpha value is -2.85. The molecule has 1 aromatic heterocycles. The van der Waals surface area contributed by atoms with Gasteiger partial charge in [-0.15, -0.1) is 11.3 Å². The van der Waals surface area contributed by atoms with Gasteiger partial charge >= 0.3 is 11.9 Å². The van der Waals surface area contributed by atoms with E-state index in [0.717, 1.165) is 6.07 Å². The van der Waals surface area contributed by atoms with E-state index in [1.54, 1.807) is 18.5 Å². The lowest BCUT2D eigenvalue weighted by Crippen LogP contribution is -2.37. The summed E-state index contributed by atoms with van der Waals surface area (Å²) in [6, 6.07) is 1.19. The minimum absolute atomic E-state index is 0.0999. The SMILES string of the molecule is CCOC(=O)C1=C([C@@H]2CCC[C@H](C(=O)O)CC2)NC(c2nccs2)=NC1c1ccc(F)c(F)c1Cl. The Labute approximate surface area is 209 Å². The second kappa shape index (κ2) is 10.8. The lowest BCUT2D eigenvalue weighted by Gasteiger charge is -2.31. The van der Waals surface area contributed by atoms with E-state index in [0.29, 0.717) is 48.6 Å². The highest BCUT2D eigenvalue weighted by Crippen LogP contribution is 2.42. The average Bonchev–Trinajstić information content (AvgIpc) is 3.26. The molecule has 1 aliphatic carbocycles. The molecule has 1 saturated carbocycles. The largest absolute Gasteiger partial charge is 0.481 e. The minimum Gasteiger partial charge on any atom is -0.481 e. The zero-order valence-corrected chi connectivity index (χ0v) is 20.5. The summed E-state index contributed by atoms with van der Waals surface area (Å²) >= 11 is 7.53. The highest BCUT2D eigenvalue weighted by Gasteiger charge is 2.38. The number of aliphatic imine (C=N–C) groups is 1. The van der Waals surface area contributed by atoms with Crippen LogP contribution in [0.5, 0.6) is 0 Å². The zero-order chi connectivity index (χ0) is 25.1. The van der Waals surface area contributed by atoms with Crippen LogP contribution in [0.25, 0.3) is 0 Å². The van der Waals surface area contributed by atoms with E-state index in [4.69, 9.17) is 16.3 Å². The predicted molar refractivity (Wildman–Crippen MR) is 127 cm³/mol. The first kappa shape index (κ1) is 25.2. The Kier molecular flexibility index (Phi) is 7.81. The standard InChI is InChI=1S/C24H24ClF2N3O4S/c1-2-34-24(33)16-19(12-4-3-5-13(7-6-12)23(31)32)29-21(22-28-10-11-35-22)30-20(16)14-8-9-15(26)18(27)17(14)25/h8-13,20H,2-7H2,1H3,(H,29,30)(H,31,32)/t12-,13+,20?/m1/s1. The number of hydrogen-bond acceptors (Lipinski definition) is 7. The van der Waals surface area contributed by atoms with Gasteiger partial charge in [-0.3, -0.25) is 9.79 Å². The molecule has 2 N–H and O–H groups in total. The number of carbonyl (C=O) groups excluding carboxylic acids is 1. The first-order valence-corrected chi connectivity index (χ1v) is 12.6. The van der Waals surface area contributed by atoms with Crippen molar-refractivity contribution in [2.45, 2.75) is 45.1 Å². The molecule has 0 amide bonds. The van der Waals surface area contributed by atoms with Crippen molar-refractivity contribution in [1.82, 2.24) is 10.3 Å². The molecule has 3 atom stereocenters. The summed E-state index contributed by atoms with van der Waals surface area (Å²) in [6.07, 6.45) is 4.41. The summed E-state index contributed by atoms with van der Waals surface area (Å²) in [7, 11) is 0. The van der Waals surface area contributed by atoms with Gasteiger partial charge in [-0.2, -0.15) is 0 Å². The minimum atomic E-state index is -1.22. The van der Waals surface area contributed by atoms with Crippen molar-refractivity contribution in [3.05, 3.63) is 62.2 Å². The summed E-state index contributed by atoms with van der Waals surface area (Å²) in [5.41, 5.74) is 0.804. The highest BCUT2D eigenvalue weighted by molar-refractivity contribution is 7.11. The number of carboxylic acids is 1. The summed E-state index contributed by atoms with van der Waals surface area (Å²) in [5, 5.41) is 14.6. The van der Waals surface area contributed by atoms with Crippen LogP contribution in [0.4, 0.5) is 8.78 Å². The number of ether oxygens (including phenoxy) is 1. The quantitative estimate of drug-likeness (QED) is 0.304. The van der Waals surface area contributed by atoms with E-state index < -0.39 is 40.6 Å². The molecule has 0 spiro atoms. The number of halogens is 3. The van der Waals surface area contributed by atoms with Crippen LogP contribution in [-0.4, -0.2) is 34.5 Å². The van der Waals surface area contributed by atoms with Crippen LogP contribution in [0.15, 0.2) is 40.0 Å². The molecule has 35 heavy (non-hydrogen) atoms. The molecule has 7 nitrogen and oxygen atoms in total. The molecule has 1 aliphatic heterocycles. The summed E-state index contributed by atoms with van der Waals surface area (Å²) in [5.74, 6) is -4.11. The molecule has 2 heterocycles. The number of benzene rings is 1. The number of thiazole rings is 1. The van der Waals surface area contributed by atoms with Crippen molar-refractivity contribution in [1.29, 1.82) is 0 Å². The fourth-order valence-electron chi connectivity index (χ4n) is 4.58. The smallest absolute Gasteiger partial charge is 0.338 e. The monoisotopic (exact) mass is 523 g/mol. The Morgan fingerprint density at radius 3 is 2.74 bits per heavy atom. The summed E-state index contributed by atoms with van der Waals surface area (Å²) < 4.78 is 33.6. The number of amidine groups is 1. The number of carbonyl (C=O) groups is 2. The fraction of sp³-hybridized carbons (Fsp3) is 0.417. The first-order valence-electron chi connectivity index (χ1n) is 11.3. The van der Waals surface area contributed by atoms with Gasteiger partial charge in [-0.25, -0.2) is 18.6 Å². The molecule has 0 radical (unpaired) electrons. The van der Waals surface area contributed by atoms with E-state index >= 15 is 0 Å². The van der Waals surface area contributed by atoms with Gasteiger partial charge in [0.25, 0.3) is 0 Å². The number of aromatic nitrogens is 1. The lowest BCUT2D eigenvalue weighted by molar-refractivity contribution is -0.142. The Morgan fingerprint density at radius 2 is 2.06 bits per heavy atom. The van der Waals surface area contributed by atoms with Crippen LogP contribution >= 0.6 is 22.9 Å². The topological polar surface area (TPSA) is 101 Å². The lowest BCUT2D eigenvalue weighted by atomic mass is 9.86. The predicted octanol–water partition coefficient (Wildman–Crippen LogP) is 5.26. The normalized spacial score (nSPS) is 22.7. The fourth-order valence-corrected chi connectivity index (χ4v) is 5.43. The van der Waals surface area contributed by atoms with Gasteiger partial charge < -0.3 is 15.2 Å². The molecule has 11 heteroatoms. The Bertz CT molecular complexity index is 1190. The number of nitrogens with one attached hydrogen (secondary N) is 1. The van der Waals surface area contributed by atoms with Crippen molar-refractivity contribution in [2.75, 3.05) is 6.61 Å². The molecule has 1 aromatic carbocycles. The molecular formula is C24H24ClF2N3O4S. The maximum atomic E-state index is 14.4. The third kappa shape index (κ3) is 5.23. The third-order valence-corrected chi connectivity index (χ3v) is 7.45. The molecule has 186 valence electrons. The van der Waals surface area contributed by atoms with E-state index in [9.17, 15) is 23.5 Å². The Balaban J connectivity index is 1.86. The van der Waals surface area contributed by atoms with Gasteiger partial charge in [0.2, 0.25) is 0 Å². The number of rotatable bonds is 6. The molecular weight excluding hydrogens is 500 g/mol. The number of nitrogens with zero attached hydrogens (tertiary/aromatic N) is 2. The van der Waals surface area contributed by atoms with Crippen molar-refractivity contribution >= 4 is 40.7 Å². The molecule has 2 aromatic rings. The van der Waals surface area contributed by atoms with Crippen molar-refractivity contribution in [2.24, 2.45) is 16.8 Å². The zero-order valence-electron chi connectivity index (χ0n) is 18.9. The van der Waals surface area contributed by atoms with E-state index in [-0.39, 0.29) is 23.7 Å². The number of esters is 1. The van der Waals surface area contributed by atoms with Gasteiger partial charge in [0, 0.05) is 22.8 Å². The highest BCUT2D eigenvalue weighted by atomic mass is 35.5. The number of aliphatic carboxylic acids is 1. The maximum Gasteiger partial charge on any atom is 0.338 e. The number of carboxylic acid groups (broad SMARTS) is 1.